The molecular formula is C46H29N3O. The first kappa shape index (κ1) is 27.2. The minimum absolute atomic E-state index is 0.871. The van der Waals surface area contributed by atoms with Crippen molar-refractivity contribution in [3.8, 4) is 28.2 Å². The maximum Gasteiger partial charge on any atom is 0.213 e. The van der Waals surface area contributed by atoms with E-state index in [2.05, 4.69) is 184 Å². The van der Waals surface area contributed by atoms with Crippen LogP contribution >= 0.6 is 0 Å². The number of fused-ring (bicyclic) bond motifs is 10. The van der Waals surface area contributed by atoms with Gasteiger partial charge in [0.25, 0.3) is 0 Å². The molecule has 4 aromatic heterocycles. The van der Waals surface area contributed by atoms with Gasteiger partial charge in [-0.1, -0.05) is 103 Å². The van der Waals surface area contributed by atoms with Crippen LogP contribution in [-0.2, 0) is 0 Å². The fraction of sp³-hybridized carbons (Fsp3) is 0. The second kappa shape index (κ2) is 10.4. The Balaban J connectivity index is 1.22. The molecule has 7 aromatic carbocycles. The third kappa shape index (κ3) is 3.76. The van der Waals surface area contributed by atoms with E-state index in [4.69, 9.17) is 4.42 Å². The summed E-state index contributed by atoms with van der Waals surface area (Å²) >= 11 is 0. The molecule has 4 nitrogen and oxygen atoms in total. The average Bonchev–Trinajstić information content (AvgIpc) is 3.91. The normalized spacial score (nSPS) is 12.0. The fourth-order valence-corrected chi connectivity index (χ4v) is 8.11. The average molecular weight is 640 g/mol. The second-order valence-corrected chi connectivity index (χ2v) is 13.0. The Hall–Kier alpha value is -6.78. The van der Waals surface area contributed by atoms with Crippen LogP contribution in [0.4, 0.5) is 0 Å². The lowest BCUT2D eigenvalue weighted by atomic mass is 10.00. The van der Waals surface area contributed by atoms with Gasteiger partial charge in [0.1, 0.15) is 11.2 Å². The smallest absolute Gasteiger partial charge is 0.213 e. The van der Waals surface area contributed by atoms with E-state index in [1.807, 2.05) is 6.07 Å². The van der Waals surface area contributed by atoms with Gasteiger partial charge in [0.05, 0.1) is 21.9 Å². The van der Waals surface area contributed by atoms with Gasteiger partial charge in [-0.05, 0) is 83.9 Å². The standard InChI is InChI=1S/C46H29N3O/c1-4-14-32(15-5-1)47-39-22-12-10-20-35(39)43-37-28-30(24-26-40(37)48(45(43)47)33-16-6-2-7-17-33)31-25-27-41-38(29-31)44-36-21-11-13-23-42(36)50-46(44)49(41)34-18-8-3-9-19-34/h1-29H. The van der Waals surface area contributed by atoms with Crippen molar-refractivity contribution in [3.05, 3.63) is 176 Å². The van der Waals surface area contributed by atoms with Gasteiger partial charge in [0.2, 0.25) is 5.71 Å². The van der Waals surface area contributed by atoms with Crippen LogP contribution in [0.15, 0.2) is 180 Å². The number of nitrogens with zero attached hydrogens (tertiary/aromatic N) is 3. The maximum absolute atomic E-state index is 6.56. The molecule has 50 heavy (non-hydrogen) atoms. The lowest BCUT2D eigenvalue weighted by Gasteiger charge is -2.13. The summed E-state index contributed by atoms with van der Waals surface area (Å²) in [7, 11) is 0. The summed E-state index contributed by atoms with van der Waals surface area (Å²) in [6.45, 7) is 0. The molecule has 0 aliphatic heterocycles. The Morgan fingerprint density at radius 2 is 0.800 bits per heavy atom. The van der Waals surface area contributed by atoms with E-state index in [1.54, 1.807) is 0 Å². The quantitative estimate of drug-likeness (QED) is 0.188. The van der Waals surface area contributed by atoms with Crippen molar-refractivity contribution in [1.29, 1.82) is 0 Å². The lowest BCUT2D eigenvalue weighted by molar-refractivity contribution is 0.645. The summed E-state index contributed by atoms with van der Waals surface area (Å²) in [5.74, 6) is 0. The lowest BCUT2D eigenvalue weighted by Crippen LogP contribution is -2.01. The molecule has 0 atom stereocenters. The first-order valence-corrected chi connectivity index (χ1v) is 17.0. The molecule has 234 valence electrons. The number of hydrogen-bond donors (Lipinski definition) is 0. The van der Waals surface area contributed by atoms with E-state index in [0.717, 1.165) is 50.3 Å². The molecule has 0 bridgehead atoms. The van der Waals surface area contributed by atoms with E-state index in [1.165, 1.54) is 43.7 Å². The largest absolute Gasteiger partial charge is 0.439 e. The summed E-state index contributed by atoms with van der Waals surface area (Å²) in [5.41, 5.74) is 12.1. The molecule has 0 aliphatic carbocycles. The van der Waals surface area contributed by atoms with Gasteiger partial charge in [-0.25, -0.2) is 0 Å². The van der Waals surface area contributed by atoms with Crippen LogP contribution in [-0.4, -0.2) is 13.7 Å². The number of para-hydroxylation sites is 5. The first-order chi connectivity index (χ1) is 24.8. The molecule has 11 rings (SSSR count). The predicted molar refractivity (Wildman–Crippen MR) is 207 cm³/mol. The van der Waals surface area contributed by atoms with Crippen LogP contribution in [0.3, 0.4) is 0 Å². The van der Waals surface area contributed by atoms with Crippen LogP contribution in [0.5, 0.6) is 0 Å². The third-order valence-corrected chi connectivity index (χ3v) is 10.2. The van der Waals surface area contributed by atoms with E-state index in [0.29, 0.717) is 0 Å². The minimum atomic E-state index is 0.871. The van der Waals surface area contributed by atoms with Gasteiger partial charge in [-0.2, -0.15) is 0 Å². The van der Waals surface area contributed by atoms with Crippen LogP contribution in [0, 0.1) is 0 Å². The molecule has 4 heterocycles. The van der Waals surface area contributed by atoms with Crippen molar-refractivity contribution >= 4 is 65.8 Å². The SMILES string of the molecule is c1ccc(-n2c3ccc(-c4ccc5c(c4)c4c6ccccc6n(-c6ccccc6)c4n5-c4ccccc4)cc3c3c4ccccc4oc32)cc1. The number of aromatic nitrogens is 3. The zero-order valence-corrected chi connectivity index (χ0v) is 27.0. The zero-order valence-electron chi connectivity index (χ0n) is 27.0. The number of rotatable bonds is 4. The maximum atomic E-state index is 6.56. The highest BCUT2D eigenvalue weighted by atomic mass is 16.3. The highest BCUT2D eigenvalue weighted by Crippen LogP contribution is 2.44. The van der Waals surface area contributed by atoms with Crippen molar-refractivity contribution in [2.45, 2.75) is 0 Å². The number of hydrogen-bond acceptors (Lipinski definition) is 1. The van der Waals surface area contributed by atoms with Crippen molar-refractivity contribution in [2.75, 3.05) is 0 Å². The minimum Gasteiger partial charge on any atom is -0.439 e. The van der Waals surface area contributed by atoms with Gasteiger partial charge < -0.3 is 4.42 Å². The molecule has 0 fully saturated rings. The summed E-state index contributed by atoms with van der Waals surface area (Å²) in [5, 5.41) is 7.18. The summed E-state index contributed by atoms with van der Waals surface area (Å²) < 4.78 is 13.6. The topological polar surface area (TPSA) is 27.9 Å². The van der Waals surface area contributed by atoms with Crippen molar-refractivity contribution < 1.29 is 4.42 Å². The molecule has 0 aliphatic rings. The molecule has 0 amide bonds. The Morgan fingerprint density at radius 1 is 0.340 bits per heavy atom. The van der Waals surface area contributed by atoms with Gasteiger partial charge >= 0.3 is 0 Å². The van der Waals surface area contributed by atoms with Gasteiger partial charge in [-0.3, -0.25) is 13.7 Å². The van der Waals surface area contributed by atoms with E-state index in [9.17, 15) is 0 Å². The molecule has 0 unspecified atom stereocenters. The van der Waals surface area contributed by atoms with E-state index >= 15 is 0 Å². The van der Waals surface area contributed by atoms with Crippen LogP contribution < -0.4 is 0 Å². The van der Waals surface area contributed by atoms with E-state index < -0.39 is 0 Å². The zero-order chi connectivity index (χ0) is 32.8. The molecule has 4 heteroatoms. The molecule has 0 saturated carbocycles. The number of benzene rings is 7. The Morgan fingerprint density at radius 3 is 1.42 bits per heavy atom. The number of furan rings is 1. The molecule has 0 saturated heterocycles. The van der Waals surface area contributed by atoms with Crippen molar-refractivity contribution in [3.63, 3.8) is 0 Å². The summed E-state index contributed by atoms with van der Waals surface area (Å²) in [6, 6.07) is 62.9. The predicted octanol–water partition coefficient (Wildman–Crippen LogP) is 12.2. The van der Waals surface area contributed by atoms with Gasteiger partial charge in [0, 0.05) is 44.0 Å². The first-order valence-electron chi connectivity index (χ1n) is 17.0. The second-order valence-electron chi connectivity index (χ2n) is 13.0. The Kier molecular flexibility index (Phi) is 5.63. The van der Waals surface area contributed by atoms with E-state index in [-0.39, 0.29) is 0 Å². The summed E-state index contributed by atoms with van der Waals surface area (Å²) in [4.78, 5) is 0. The van der Waals surface area contributed by atoms with Crippen LogP contribution in [0.2, 0.25) is 0 Å². The van der Waals surface area contributed by atoms with Crippen molar-refractivity contribution in [2.24, 2.45) is 0 Å². The molecule has 11 aromatic rings. The highest BCUT2D eigenvalue weighted by Gasteiger charge is 2.23. The van der Waals surface area contributed by atoms with Crippen LogP contribution in [0.1, 0.15) is 0 Å². The molecule has 0 radical (unpaired) electrons. The Bertz CT molecular complexity index is 3070. The third-order valence-electron chi connectivity index (χ3n) is 10.2. The van der Waals surface area contributed by atoms with Crippen LogP contribution in [0.25, 0.3) is 94.0 Å². The highest BCUT2D eigenvalue weighted by molar-refractivity contribution is 6.23. The monoisotopic (exact) mass is 639 g/mol. The summed E-state index contributed by atoms with van der Waals surface area (Å²) in [6.07, 6.45) is 0. The molecule has 0 spiro atoms. The van der Waals surface area contributed by atoms with Gasteiger partial charge in [0.15, 0.2) is 0 Å². The van der Waals surface area contributed by atoms with Crippen molar-refractivity contribution in [1.82, 2.24) is 13.7 Å². The fourth-order valence-electron chi connectivity index (χ4n) is 8.11. The van der Waals surface area contributed by atoms with Gasteiger partial charge in [-0.15, -0.1) is 0 Å². The Labute approximate surface area is 287 Å². The molecule has 0 N–H and O–H groups in total. The molecular weight excluding hydrogens is 611 g/mol.